The lowest BCUT2D eigenvalue weighted by Gasteiger charge is -2.23. The van der Waals surface area contributed by atoms with Crippen LogP contribution in [0.25, 0.3) is 10.9 Å². The fourth-order valence-corrected chi connectivity index (χ4v) is 4.55. The summed E-state index contributed by atoms with van der Waals surface area (Å²) in [5.41, 5.74) is 6.02. The number of nitrogens with two attached hydrogens (primary N) is 1. The van der Waals surface area contributed by atoms with E-state index in [1.165, 1.54) is 6.20 Å². The van der Waals surface area contributed by atoms with Crippen molar-refractivity contribution in [2.24, 2.45) is 11.7 Å². The third-order valence-corrected chi connectivity index (χ3v) is 6.09. The van der Waals surface area contributed by atoms with Crippen LogP contribution in [0.15, 0.2) is 21.5 Å². The largest absolute Gasteiger partial charge is 0.477 e. The molecule has 0 spiro atoms. The third kappa shape index (κ3) is 2.63. The predicted octanol–water partition coefficient (Wildman–Crippen LogP) is 2.72. The van der Waals surface area contributed by atoms with Gasteiger partial charge in [0.05, 0.1) is 21.1 Å². The van der Waals surface area contributed by atoms with Crippen LogP contribution in [0.1, 0.15) is 36.2 Å². The van der Waals surface area contributed by atoms with E-state index >= 15 is 0 Å². The summed E-state index contributed by atoms with van der Waals surface area (Å²) in [6.45, 7) is 3.18. The van der Waals surface area contributed by atoms with E-state index in [0.29, 0.717) is 28.8 Å². The molecule has 0 bridgehead atoms. The highest BCUT2D eigenvalue weighted by Crippen LogP contribution is 2.43. The third-order valence-electron chi connectivity index (χ3n) is 5.34. The van der Waals surface area contributed by atoms with Crippen LogP contribution in [0, 0.1) is 11.7 Å². The van der Waals surface area contributed by atoms with Crippen molar-refractivity contribution in [3.05, 3.63) is 38.3 Å². The summed E-state index contributed by atoms with van der Waals surface area (Å²) in [5, 5.41) is 9.42. The number of anilines is 1. The van der Waals surface area contributed by atoms with Gasteiger partial charge in [0.25, 0.3) is 0 Å². The summed E-state index contributed by atoms with van der Waals surface area (Å²) in [4.78, 5) is 25.9. The van der Waals surface area contributed by atoms with Gasteiger partial charge in [0.2, 0.25) is 5.43 Å². The smallest absolute Gasteiger partial charge is 0.341 e. The van der Waals surface area contributed by atoms with Gasteiger partial charge in [-0.15, -0.1) is 0 Å². The first-order valence-corrected chi connectivity index (χ1v) is 9.39. The van der Waals surface area contributed by atoms with Crippen LogP contribution in [-0.4, -0.2) is 34.8 Å². The highest BCUT2D eigenvalue weighted by atomic mass is 79.9. The highest BCUT2D eigenvalue weighted by Gasteiger charge is 2.33. The Morgan fingerprint density at radius 1 is 1.38 bits per heavy atom. The van der Waals surface area contributed by atoms with Crippen LogP contribution in [0.2, 0.25) is 0 Å². The number of hydrogen-bond donors (Lipinski definition) is 2. The molecule has 26 heavy (non-hydrogen) atoms. The van der Waals surface area contributed by atoms with Crippen LogP contribution in [0.3, 0.4) is 0 Å². The number of hydrogen-bond acceptors (Lipinski definition) is 4. The lowest BCUT2D eigenvalue weighted by Crippen LogP contribution is -2.29. The molecule has 8 heteroatoms. The van der Waals surface area contributed by atoms with E-state index in [0.717, 1.165) is 18.9 Å². The van der Waals surface area contributed by atoms with Crippen LogP contribution in [0.5, 0.6) is 0 Å². The van der Waals surface area contributed by atoms with Gasteiger partial charge in [-0.3, -0.25) is 4.79 Å². The molecular weight excluding hydrogens is 405 g/mol. The first-order valence-electron chi connectivity index (χ1n) is 8.60. The molecule has 138 valence electrons. The van der Waals surface area contributed by atoms with Gasteiger partial charge in [-0.1, -0.05) is 6.92 Å². The number of nitrogens with zero attached hydrogens (tertiary/aromatic N) is 2. The molecule has 1 aliphatic heterocycles. The molecule has 2 aromatic rings. The van der Waals surface area contributed by atoms with Crippen LogP contribution in [-0.2, 0) is 0 Å². The van der Waals surface area contributed by atoms with E-state index in [-0.39, 0.29) is 29.0 Å². The second kappa shape index (κ2) is 6.06. The summed E-state index contributed by atoms with van der Waals surface area (Å²) in [7, 11) is 0. The van der Waals surface area contributed by atoms with Crippen molar-refractivity contribution in [3.8, 4) is 0 Å². The zero-order valence-electron chi connectivity index (χ0n) is 14.2. The average molecular weight is 424 g/mol. The molecule has 0 amide bonds. The number of carbonyl (C=O) groups is 1. The van der Waals surface area contributed by atoms with Gasteiger partial charge >= 0.3 is 5.97 Å². The van der Waals surface area contributed by atoms with Gasteiger partial charge in [-0.05, 0) is 40.8 Å². The first-order chi connectivity index (χ1) is 12.3. The van der Waals surface area contributed by atoms with Gasteiger partial charge in [-0.2, -0.15) is 0 Å². The maximum atomic E-state index is 14.9. The average Bonchev–Trinajstić information content (AvgIpc) is 3.35. The standard InChI is InChI=1S/C18H19BrFN3O3/c1-8-5-22(7-13(8)21)16-12(20)4-10-15(14(16)19)23(9-2-3-9)6-11(17(10)24)18(25)26/h4,6,8-9,13H,2-3,5,7,21H2,1H3,(H,25,26)/t8-,13+/m0/s1. The van der Waals surface area contributed by atoms with Crippen LogP contribution >= 0.6 is 15.9 Å². The van der Waals surface area contributed by atoms with Crippen molar-refractivity contribution in [2.45, 2.75) is 31.8 Å². The number of fused-ring (bicyclic) bond motifs is 1. The number of halogens is 2. The molecule has 2 heterocycles. The van der Waals surface area contributed by atoms with E-state index in [1.807, 2.05) is 11.8 Å². The fraction of sp³-hybridized carbons (Fsp3) is 0.444. The maximum Gasteiger partial charge on any atom is 0.341 e. The van der Waals surface area contributed by atoms with Crippen molar-refractivity contribution in [1.82, 2.24) is 4.57 Å². The van der Waals surface area contributed by atoms with Gasteiger partial charge in [-0.25, -0.2) is 9.18 Å². The Hall–Kier alpha value is -1.93. The monoisotopic (exact) mass is 423 g/mol. The topological polar surface area (TPSA) is 88.6 Å². The van der Waals surface area contributed by atoms with Gasteiger partial charge in [0.1, 0.15) is 11.4 Å². The highest BCUT2D eigenvalue weighted by molar-refractivity contribution is 9.10. The fourth-order valence-electron chi connectivity index (χ4n) is 3.69. The number of pyridine rings is 1. The molecule has 0 radical (unpaired) electrons. The Bertz CT molecular complexity index is 976. The van der Waals surface area contributed by atoms with Crippen molar-refractivity contribution in [3.63, 3.8) is 0 Å². The summed E-state index contributed by atoms with van der Waals surface area (Å²) in [6.07, 6.45) is 3.19. The maximum absolute atomic E-state index is 14.9. The Morgan fingerprint density at radius 2 is 2.08 bits per heavy atom. The van der Waals surface area contributed by atoms with Crippen molar-refractivity contribution >= 4 is 38.5 Å². The summed E-state index contributed by atoms with van der Waals surface area (Å²) < 4.78 is 17.2. The normalized spacial score (nSPS) is 23.0. The predicted molar refractivity (Wildman–Crippen MR) is 100 cm³/mol. The second-order valence-corrected chi connectivity index (χ2v) is 8.07. The minimum Gasteiger partial charge on any atom is -0.477 e. The van der Waals surface area contributed by atoms with E-state index in [9.17, 15) is 19.1 Å². The number of rotatable bonds is 3. The minimum absolute atomic E-state index is 0.0444. The molecule has 0 unspecified atom stereocenters. The molecule has 1 aromatic carbocycles. The summed E-state index contributed by atoms with van der Waals surface area (Å²) in [6, 6.07) is 1.25. The molecule has 2 fully saturated rings. The van der Waals surface area contributed by atoms with E-state index in [1.54, 1.807) is 4.57 Å². The quantitative estimate of drug-likeness (QED) is 0.791. The lowest BCUT2D eigenvalue weighted by molar-refractivity contribution is 0.0695. The van der Waals surface area contributed by atoms with Gasteiger partial charge in [0.15, 0.2) is 0 Å². The molecule has 2 aliphatic rings. The number of aromatic nitrogens is 1. The molecular formula is C18H19BrFN3O3. The Labute approximate surface area is 157 Å². The van der Waals surface area contributed by atoms with Crippen molar-refractivity contribution in [1.29, 1.82) is 0 Å². The first kappa shape index (κ1) is 17.5. The Morgan fingerprint density at radius 3 is 2.62 bits per heavy atom. The van der Waals surface area contributed by atoms with Crippen molar-refractivity contribution < 1.29 is 14.3 Å². The number of carboxylic acids is 1. The van der Waals surface area contributed by atoms with Gasteiger partial charge in [0, 0.05) is 31.4 Å². The Kier molecular flexibility index (Phi) is 4.07. The molecule has 1 aromatic heterocycles. The lowest BCUT2D eigenvalue weighted by atomic mass is 10.1. The van der Waals surface area contributed by atoms with E-state index in [2.05, 4.69) is 15.9 Å². The molecule has 1 saturated carbocycles. The minimum atomic E-state index is -1.30. The number of benzene rings is 1. The number of aromatic carboxylic acids is 1. The van der Waals surface area contributed by atoms with E-state index < -0.39 is 17.2 Å². The molecule has 1 saturated heterocycles. The van der Waals surface area contributed by atoms with Crippen LogP contribution < -0.4 is 16.1 Å². The molecule has 6 nitrogen and oxygen atoms in total. The van der Waals surface area contributed by atoms with Gasteiger partial charge < -0.3 is 20.3 Å². The zero-order chi connectivity index (χ0) is 18.7. The van der Waals surface area contributed by atoms with Crippen molar-refractivity contribution in [2.75, 3.05) is 18.0 Å². The SMILES string of the molecule is C[C@H]1CN(c2c(F)cc3c(=O)c(C(=O)O)cn(C4CC4)c3c2Br)C[C@H]1N. The van der Waals surface area contributed by atoms with E-state index in [4.69, 9.17) is 5.73 Å². The molecule has 2 atom stereocenters. The molecule has 3 N–H and O–H groups in total. The number of carboxylic acid groups (broad SMARTS) is 1. The summed E-state index contributed by atoms with van der Waals surface area (Å²) in [5.74, 6) is -1.61. The molecule has 4 rings (SSSR count). The Balaban J connectivity index is 2.00. The second-order valence-electron chi connectivity index (χ2n) is 7.28. The zero-order valence-corrected chi connectivity index (χ0v) is 15.8. The molecule has 1 aliphatic carbocycles. The van der Waals surface area contributed by atoms with Crippen LogP contribution in [0.4, 0.5) is 10.1 Å². The summed E-state index contributed by atoms with van der Waals surface area (Å²) >= 11 is 3.50.